The Labute approximate surface area is 207 Å². The summed E-state index contributed by atoms with van der Waals surface area (Å²) in [5, 5.41) is 14.9. The minimum atomic E-state index is -0.0860. The van der Waals surface area contributed by atoms with Gasteiger partial charge in [0.25, 0.3) is 5.56 Å². The summed E-state index contributed by atoms with van der Waals surface area (Å²) in [5.41, 5.74) is 3.96. The van der Waals surface area contributed by atoms with Crippen LogP contribution in [-0.4, -0.2) is 20.7 Å². The number of anilines is 2. The van der Waals surface area contributed by atoms with Gasteiger partial charge in [0.1, 0.15) is 0 Å². The Kier molecular flexibility index (Phi) is 6.59. The first-order valence-electron chi connectivity index (χ1n) is 11.4. The van der Waals surface area contributed by atoms with E-state index in [4.69, 9.17) is 11.6 Å². The van der Waals surface area contributed by atoms with Crippen LogP contribution in [0.2, 0.25) is 5.02 Å². The molecule has 0 spiro atoms. The molecule has 0 saturated heterocycles. The van der Waals surface area contributed by atoms with Gasteiger partial charge in [-0.05, 0) is 47.2 Å². The second kappa shape index (κ2) is 10.1. The van der Waals surface area contributed by atoms with Gasteiger partial charge in [-0.15, -0.1) is 5.10 Å². The zero-order chi connectivity index (χ0) is 24.2. The van der Waals surface area contributed by atoms with Gasteiger partial charge in [0.15, 0.2) is 5.82 Å². The third kappa shape index (κ3) is 5.75. The van der Waals surface area contributed by atoms with E-state index in [-0.39, 0.29) is 23.3 Å². The van der Waals surface area contributed by atoms with Crippen LogP contribution in [0, 0.1) is 5.92 Å². The summed E-state index contributed by atoms with van der Waals surface area (Å²) in [4.78, 5) is 24.6. The van der Waals surface area contributed by atoms with Crippen molar-refractivity contribution in [2.24, 2.45) is 5.92 Å². The van der Waals surface area contributed by atoms with Crippen LogP contribution in [0.4, 0.5) is 11.5 Å². The second-order valence-corrected chi connectivity index (χ2v) is 9.10. The van der Waals surface area contributed by atoms with Gasteiger partial charge in [-0.2, -0.15) is 5.10 Å². The summed E-state index contributed by atoms with van der Waals surface area (Å²) in [6, 6.07) is 22.6. The average molecular weight is 486 g/mol. The molecular formula is C27H24ClN5O2. The fraction of sp³-hybridized carbons (Fsp3) is 0.185. The summed E-state index contributed by atoms with van der Waals surface area (Å²) >= 11 is 6.07. The van der Waals surface area contributed by atoms with E-state index in [0.29, 0.717) is 23.9 Å². The van der Waals surface area contributed by atoms with E-state index in [0.717, 1.165) is 28.8 Å². The van der Waals surface area contributed by atoms with Crippen molar-refractivity contribution >= 4 is 29.0 Å². The molecule has 2 atom stereocenters. The number of halogens is 1. The molecule has 2 N–H and O–H groups in total. The lowest BCUT2D eigenvalue weighted by molar-refractivity contribution is -0.117. The molecule has 7 nitrogen and oxygen atoms in total. The number of nitrogens with one attached hydrogen (secondary N) is 2. The smallest absolute Gasteiger partial charge is 0.250 e. The van der Waals surface area contributed by atoms with E-state index in [1.807, 2.05) is 54.6 Å². The van der Waals surface area contributed by atoms with Gasteiger partial charge in [-0.3, -0.25) is 9.59 Å². The quantitative estimate of drug-likeness (QED) is 0.378. The maximum atomic E-state index is 12.7. The highest BCUT2D eigenvalue weighted by Gasteiger charge is 2.44. The molecule has 1 amide bonds. The molecule has 176 valence electrons. The van der Waals surface area contributed by atoms with Crippen molar-refractivity contribution in [2.45, 2.75) is 25.4 Å². The zero-order valence-corrected chi connectivity index (χ0v) is 19.7. The summed E-state index contributed by atoms with van der Waals surface area (Å²) in [7, 11) is 0. The van der Waals surface area contributed by atoms with Gasteiger partial charge >= 0.3 is 0 Å². The number of hydrogen-bond donors (Lipinski definition) is 2. The average Bonchev–Trinajstić information content (AvgIpc) is 3.67. The van der Waals surface area contributed by atoms with Crippen molar-refractivity contribution in [3.05, 3.63) is 117 Å². The van der Waals surface area contributed by atoms with Gasteiger partial charge in [-0.1, -0.05) is 54.1 Å². The number of benzene rings is 2. The van der Waals surface area contributed by atoms with E-state index >= 15 is 0 Å². The Morgan fingerprint density at radius 3 is 2.66 bits per heavy atom. The number of hydrogen-bond acceptors (Lipinski definition) is 5. The second-order valence-electron chi connectivity index (χ2n) is 8.66. The number of carbonyl (C=O) groups is 1. The first kappa shape index (κ1) is 22.8. The minimum absolute atomic E-state index is 0.0204. The maximum absolute atomic E-state index is 12.7. The summed E-state index contributed by atoms with van der Waals surface area (Å²) < 4.78 is 1.67. The van der Waals surface area contributed by atoms with Crippen LogP contribution in [0.3, 0.4) is 0 Å². The minimum Gasteiger partial charge on any atom is -0.380 e. The van der Waals surface area contributed by atoms with Crippen LogP contribution in [0.15, 0.2) is 90.0 Å². The van der Waals surface area contributed by atoms with Crippen molar-refractivity contribution < 1.29 is 4.79 Å². The highest BCUT2D eigenvalue weighted by Crippen LogP contribution is 2.48. The Hall–Kier alpha value is -3.97. The maximum Gasteiger partial charge on any atom is 0.250 e. The first-order valence-corrected chi connectivity index (χ1v) is 11.8. The third-order valence-corrected chi connectivity index (χ3v) is 6.32. The molecule has 1 aliphatic carbocycles. The number of nitrogens with zero attached hydrogens (tertiary/aromatic N) is 3. The molecule has 2 aromatic carbocycles. The fourth-order valence-electron chi connectivity index (χ4n) is 4.09. The van der Waals surface area contributed by atoms with Crippen LogP contribution >= 0.6 is 11.6 Å². The summed E-state index contributed by atoms with van der Waals surface area (Å²) in [6.07, 6.45) is 4.20. The normalized spacial score (nSPS) is 16.5. The number of pyridine rings is 1. The van der Waals surface area contributed by atoms with E-state index in [1.54, 1.807) is 35.2 Å². The van der Waals surface area contributed by atoms with Gasteiger partial charge in [-0.25, -0.2) is 0 Å². The van der Waals surface area contributed by atoms with Crippen LogP contribution in [0.5, 0.6) is 0 Å². The molecule has 4 aromatic rings. The molecule has 0 radical (unpaired) electrons. The lowest BCUT2D eigenvalue weighted by Gasteiger charge is -2.10. The fourth-order valence-corrected chi connectivity index (χ4v) is 4.29. The van der Waals surface area contributed by atoms with Gasteiger partial charge in [0.2, 0.25) is 5.91 Å². The molecule has 5 rings (SSSR count). The Morgan fingerprint density at radius 2 is 1.86 bits per heavy atom. The first-order chi connectivity index (χ1) is 17.0. The van der Waals surface area contributed by atoms with E-state index in [1.165, 1.54) is 0 Å². The highest BCUT2D eigenvalue weighted by atomic mass is 35.5. The predicted octanol–water partition coefficient (Wildman–Crippen LogP) is 4.69. The summed E-state index contributed by atoms with van der Waals surface area (Å²) in [5.74, 6) is 0.457. The molecule has 2 heterocycles. The molecule has 1 saturated carbocycles. The SMILES string of the molecule is O=C(Nc1cc(NCc2ccc(Cn3ccccc3=O)cc2)cnn1)[C@H]1C[C@@H]1c1cccc(Cl)c1. The number of aromatic nitrogens is 3. The molecule has 0 bridgehead atoms. The van der Waals surface area contributed by atoms with Crippen LogP contribution in [0.25, 0.3) is 0 Å². The van der Waals surface area contributed by atoms with Gasteiger partial charge < -0.3 is 15.2 Å². The predicted molar refractivity (Wildman–Crippen MR) is 137 cm³/mol. The monoisotopic (exact) mass is 485 g/mol. The van der Waals surface area contributed by atoms with Crippen molar-refractivity contribution in [3.63, 3.8) is 0 Å². The largest absolute Gasteiger partial charge is 0.380 e. The van der Waals surface area contributed by atoms with Crippen molar-refractivity contribution in [3.8, 4) is 0 Å². The molecule has 0 unspecified atom stereocenters. The van der Waals surface area contributed by atoms with Gasteiger partial charge in [0.05, 0.1) is 18.4 Å². The van der Waals surface area contributed by atoms with Crippen molar-refractivity contribution in [1.82, 2.24) is 14.8 Å². The molecule has 2 aromatic heterocycles. The number of amides is 1. The molecule has 8 heteroatoms. The lowest BCUT2D eigenvalue weighted by Crippen LogP contribution is -2.18. The number of rotatable bonds is 8. The lowest BCUT2D eigenvalue weighted by atomic mass is 10.1. The zero-order valence-electron chi connectivity index (χ0n) is 18.9. The van der Waals surface area contributed by atoms with Crippen LogP contribution in [0.1, 0.15) is 29.0 Å². The molecule has 1 fully saturated rings. The topological polar surface area (TPSA) is 88.9 Å². The Balaban J connectivity index is 1.14. The summed E-state index contributed by atoms with van der Waals surface area (Å²) in [6.45, 7) is 1.12. The van der Waals surface area contributed by atoms with Crippen LogP contribution in [-0.2, 0) is 17.9 Å². The standard InChI is InChI=1S/C27H24ClN5O2/c28-21-5-3-4-20(12-21)23-14-24(23)27(35)31-25-13-22(16-30-32-25)29-15-18-7-9-19(10-8-18)17-33-11-2-1-6-26(33)34/h1-13,16,23-24H,14-15,17H2,(H2,29,31,32,35)/t23-,24+/m1/s1. The van der Waals surface area contributed by atoms with E-state index in [2.05, 4.69) is 20.8 Å². The van der Waals surface area contributed by atoms with E-state index < -0.39 is 0 Å². The molecular weight excluding hydrogens is 462 g/mol. The number of carbonyl (C=O) groups excluding carboxylic acids is 1. The molecule has 1 aliphatic rings. The van der Waals surface area contributed by atoms with Crippen molar-refractivity contribution in [2.75, 3.05) is 10.6 Å². The third-order valence-electron chi connectivity index (χ3n) is 6.08. The van der Waals surface area contributed by atoms with E-state index in [9.17, 15) is 9.59 Å². The highest BCUT2D eigenvalue weighted by molar-refractivity contribution is 6.30. The van der Waals surface area contributed by atoms with Crippen molar-refractivity contribution in [1.29, 1.82) is 0 Å². The molecule has 0 aliphatic heterocycles. The van der Waals surface area contributed by atoms with Crippen LogP contribution < -0.4 is 16.2 Å². The van der Waals surface area contributed by atoms with Gasteiger partial charge in [0, 0.05) is 35.8 Å². The Bertz CT molecular complexity index is 1400. The molecule has 35 heavy (non-hydrogen) atoms. The Morgan fingerprint density at radius 1 is 1.03 bits per heavy atom.